The standard InChI is InChI=1S/C13H25NS3/c1-2-3-4-8-11-14-13(15)17-16-12-9-6-5-7-10-12/h12H,2-11H2,1H3,(H,14,15). The molecule has 4 heteroatoms. The lowest BCUT2D eigenvalue weighted by Gasteiger charge is -2.20. The van der Waals surface area contributed by atoms with Gasteiger partial charge in [0.05, 0.1) is 0 Å². The van der Waals surface area contributed by atoms with Crippen molar-refractivity contribution < 1.29 is 0 Å². The first-order valence-electron chi connectivity index (χ1n) is 6.94. The van der Waals surface area contributed by atoms with Crippen LogP contribution in [0.2, 0.25) is 0 Å². The molecule has 0 aromatic rings. The summed E-state index contributed by atoms with van der Waals surface area (Å²) in [5.74, 6) is 0. The van der Waals surface area contributed by atoms with E-state index >= 15 is 0 Å². The Morgan fingerprint density at radius 2 is 1.94 bits per heavy atom. The number of rotatable bonds is 7. The molecule has 0 radical (unpaired) electrons. The Morgan fingerprint density at radius 3 is 2.65 bits per heavy atom. The zero-order chi connectivity index (χ0) is 12.3. The molecule has 1 aliphatic rings. The Hall–Kier alpha value is 0.590. The zero-order valence-electron chi connectivity index (χ0n) is 10.9. The number of hydrogen-bond acceptors (Lipinski definition) is 3. The normalized spacial score (nSPS) is 17.0. The molecule has 0 unspecified atom stereocenters. The van der Waals surface area contributed by atoms with Gasteiger partial charge in [-0.25, -0.2) is 0 Å². The van der Waals surface area contributed by atoms with E-state index in [2.05, 4.69) is 12.2 Å². The Labute approximate surface area is 120 Å². The van der Waals surface area contributed by atoms with Crippen molar-refractivity contribution in [2.24, 2.45) is 0 Å². The van der Waals surface area contributed by atoms with Gasteiger partial charge in [0, 0.05) is 11.8 Å². The van der Waals surface area contributed by atoms with E-state index in [9.17, 15) is 0 Å². The van der Waals surface area contributed by atoms with Crippen molar-refractivity contribution in [2.75, 3.05) is 6.54 Å². The van der Waals surface area contributed by atoms with Gasteiger partial charge in [-0.3, -0.25) is 0 Å². The predicted molar refractivity (Wildman–Crippen MR) is 86.8 cm³/mol. The van der Waals surface area contributed by atoms with Gasteiger partial charge in [-0.2, -0.15) is 0 Å². The van der Waals surface area contributed by atoms with E-state index in [1.54, 1.807) is 10.8 Å². The third kappa shape index (κ3) is 8.33. The molecule has 1 fully saturated rings. The van der Waals surface area contributed by atoms with Gasteiger partial charge in [-0.15, -0.1) is 0 Å². The third-order valence-electron chi connectivity index (χ3n) is 3.11. The van der Waals surface area contributed by atoms with E-state index in [0.717, 1.165) is 16.1 Å². The van der Waals surface area contributed by atoms with E-state index in [0.29, 0.717) is 0 Å². The van der Waals surface area contributed by atoms with Crippen molar-refractivity contribution >= 4 is 38.1 Å². The Bertz CT molecular complexity index is 203. The minimum Gasteiger partial charge on any atom is -0.370 e. The van der Waals surface area contributed by atoms with Crippen LogP contribution in [-0.4, -0.2) is 16.1 Å². The molecular formula is C13H25NS3. The molecule has 0 bridgehead atoms. The van der Waals surface area contributed by atoms with Gasteiger partial charge in [-0.05, 0) is 30.1 Å². The van der Waals surface area contributed by atoms with Gasteiger partial charge in [-0.1, -0.05) is 68.5 Å². The SMILES string of the molecule is CCCCCCNC(=S)SSC1CCCCC1. The van der Waals surface area contributed by atoms with Crippen LogP contribution in [0.1, 0.15) is 64.7 Å². The average Bonchev–Trinajstić information content (AvgIpc) is 2.37. The number of thiocarbonyl (C=S) groups is 1. The summed E-state index contributed by atoms with van der Waals surface area (Å²) in [5, 5.41) is 4.20. The molecular weight excluding hydrogens is 266 g/mol. The van der Waals surface area contributed by atoms with E-state index in [4.69, 9.17) is 12.2 Å². The molecule has 17 heavy (non-hydrogen) atoms. The molecule has 0 saturated heterocycles. The first kappa shape index (κ1) is 15.6. The summed E-state index contributed by atoms with van der Waals surface area (Å²) in [4.78, 5) is 0. The summed E-state index contributed by atoms with van der Waals surface area (Å²) in [7, 11) is 3.77. The first-order chi connectivity index (χ1) is 8.33. The summed E-state index contributed by atoms with van der Waals surface area (Å²) < 4.78 is 0.983. The van der Waals surface area contributed by atoms with Crippen LogP contribution in [-0.2, 0) is 0 Å². The second kappa shape index (κ2) is 10.5. The van der Waals surface area contributed by atoms with Gasteiger partial charge >= 0.3 is 0 Å². The Morgan fingerprint density at radius 1 is 1.18 bits per heavy atom. The minimum absolute atomic E-state index is 0.841. The summed E-state index contributed by atoms with van der Waals surface area (Å²) in [6.45, 7) is 3.30. The number of unbranched alkanes of at least 4 members (excludes halogenated alkanes) is 3. The fraction of sp³-hybridized carbons (Fsp3) is 0.923. The lowest BCUT2D eigenvalue weighted by molar-refractivity contribution is 0.517. The lowest BCUT2D eigenvalue weighted by Crippen LogP contribution is -2.19. The molecule has 100 valence electrons. The Kier molecular flexibility index (Phi) is 9.67. The molecule has 0 aromatic heterocycles. The van der Waals surface area contributed by atoms with Crippen LogP contribution in [0.4, 0.5) is 0 Å². The molecule has 1 N–H and O–H groups in total. The van der Waals surface area contributed by atoms with Crippen LogP contribution < -0.4 is 5.32 Å². The average molecular weight is 292 g/mol. The van der Waals surface area contributed by atoms with E-state index in [1.165, 1.54) is 57.8 Å². The molecule has 0 atom stereocenters. The Balaban J connectivity index is 1.93. The van der Waals surface area contributed by atoms with Gasteiger partial charge in [0.2, 0.25) is 0 Å². The molecule has 1 saturated carbocycles. The fourth-order valence-electron chi connectivity index (χ4n) is 2.04. The van der Waals surface area contributed by atoms with Crippen LogP contribution in [0.15, 0.2) is 0 Å². The van der Waals surface area contributed by atoms with Crippen molar-refractivity contribution in [2.45, 2.75) is 70.0 Å². The van der Waals surface area contributed by atoms with Crippen molar-refractivity contribution in [3.05, 3.63) is 0 Å². The molecule has 1 rings (SSSR count). The lowest BCUT2D eigenvalue weighted by atomic mass is 10.0. The second-order valence-corrected chi connectivity index (χ2v) is 7.89. The number of nitrogens with one attached hydrogen (secondary N) is 1. The highest BCUT2D eigenvalue weighted by Gasteiger charge is 2.14. The van der Waals surface area contributed by atoms with Crippen molar-refractivity contribution in [3.63, 3.8) is 0 Å². The summed E-state index contributed by atoms with van der Waals surface area (Å²) in [6.07, 6.45) is 12.3. The monoisotopic (exact) mass is 291 g/mol. The molecule has 0 aromatic carbocycles. The predicted octanol–water partition coefficient (Wildman–Crippen LogP) is 5.16. The molecule has 1 nitrogen and oxygen atoms in total. The summed E-state index contributed by atoms with van der Waals surface area (Å²) in [5.41, 5.74) is 0. The van der Waals surface area contributed by atoms with Gasteiger partial charge < -0.3 is 5.32 Å². The van der Waals surface area contributed by atoms with E-state index in [1.807, 2.05) is 10.8 Å². The quantitative estimate of drug-likeness (QED) is 0.395. The van der Waals surface area contributed by atoms with Crippen LogP contribution in [0.3, 0.4) is 0 Å². The highest BCUT2D eigenvalue weighted by atomic mass is 33.1. The maximum atomic E-state index is 5.33. The van der Waals surface area contributed by atoms with E-state index < -0.39 is 0 Å². The molecule has 0 spiro atoms. The van der Waals surface area contributed by atoms with Crippen LogP contribution in [0, 0.1) is 0 Å². The van der Waals surface area contributed by atoms with Gasteiger partial charge in [0.15, 0.2) is 0 Å². The molecule has 0 amide bonds. The third-order valence-corrected chi connectivity index (χ3v) is 6.56. The first-order valence-corrected chi connectivity index (χ1v) is 9.56. The maximum Gasteiger partial charge on any atom is 0.144 e. The highest BCUT2D eigenvalue weighted by molar-refractivity contribution is 8.83. The smallest absolute Gasteiger partial charge is 0.144 e. The molecule has 1 aliphatic carbocycles. The zero-order valence-corrected chi connectivity index (χ0v) is 13.3. The largest absolute Gasteiger partial charge is 0.370 e. The summed E-state index contributed by atoms with van der Waals surface area (Å²) >= 11 is 5.33. The minimum atomic E-state index is 0.841. The second-order valence-electron chi connectivity index (χ2n) is 4.71. The maximum absolute atomic E-state index is 5.33. The highest BCUT2D eigenvalue weighted by Crippen LogP contribution is 2.36. The van der Waals surface area contributed by atoms with Crippen LogP contribution in [0.5, 0.6) is 0 Å². The number of hydrogen-bond donors (Lipinski definition) is 1. The van der Waals surface area contributed by atoms with Crippen LogP contribution >= 0.6 is 33.8 Å². The fourth-order valence-corrected chi connectivity index (χ4v) is 4.84. The molecule has 0 heterocycles. The van der Waals surface area contributed by atoms with Crippen molar-refractivity contribution in [3.8, 4) is 0 Å². The van der Waals surface area contributed by atoms with Gasteiger partial charge in [0.25, 0.3) is 0 Å². The van der Waals surface area contributed by atoms with Gasteiger partial charge in [0.1, 0.15) is 4.32 Å². The summed E-state index contributed by atoms with van der Waals surface area (Å²) in [6, 6.07) is 0. The van der Waals surface area contributed by atoms with E-state index in [-0.39, 0.29) is 0 Å². The topological polar surface area (TPSA) is 12.0 Å². The van der Waals surface area contributed by atoms with Crippen molar-refractivity contribution in [1.29, 1.82) is 0 Å². The van der Waals surface area contributed by atoms with Crippen molar-refractivity contribution in [1.82, 2.24) is 5.32 Å². The van der Waals surface area contributed by atoms with Crippen LogP contribution in [0.25, 0.3) is 0 Å². The molecule has 0 aliphatic heterocycles.